The van der Waals surface area contributed by atoms with Crippen LogP contribution in [0, 0.1) is 0 Å². The number of sulfonamides is 1. The van der Waals surface area contributed by atoms with E-state index in [0.29, 0.717) is 28.6 Å². The van der Waals surface area contributed by atoms with Crippen LogP contribution >= 0.6 is 11.6 Å². The molecule has 0 saturated heterocycles. The summed E-state index contributed by atoms with van der Waals surface area (Å²) in [6, 6.07) is 6.84. The lowest BCUT2D eigenvalue weighted by Crippen LogP contribution is -2.38. The molecule has 1 heterocycles. The van der Waals surface area contributed by atoms with Gasteiger partial charge in [-0.15, -0.1) is 0 Å². The summed E-state index contributed by atoms with van der Waals surface area (Å²) in [5.74, 6) is -1.49. The second kappa shape index (κ2) is 12.5. The number of hydrogen-bond donors (Lipinski definition) is 1. The molecule has 1 atom stereocenters. The quantitative estimate of drug-likeness (QED) is 0.347. The molecule has 0 spiro atoms. The third-order valence-corrected chi connectivity index (χ3v) is 7.55. The Bertz CT molecular complexity index is 1010. The van der Waals surface area contributed by atoms with Gasteiger partial charge in [-0.2, -0.15) is 4.31 Å². The molecular weight excluding hydrogens is 468 g/mol. The molecule has 0 fully saturated rings. The van der Waals surface area contributed by atoms with E-state index < -0.39 is 21.9 Å². The molecule has 2 rings (SSSR count). The van der Waals surface area contributed by atoms with E-state index >= 15 is 0 Å². The topological polar surface area (TPSA) is 94.2 Å². The highest BCUT2D eigenvalue weighted by molar-refractivity contribution is 7.93. The van der Waals surface area contributed by atoms with Crippen molar-refractivity contribution in [3.05, 3.63) is 56.7 Å². The molecule has 1 N–H and O–H groups in total. The van der Waals surface area contributed by atoms with Gasteiger partial charge in [-0.1, -0.05) is 30.7 Å². The maximum atomic E-state index is 13.6. The van der Waals surface area contributed by atoms with Crippen LogP contribution in [0.2, 0.25) is 5.02 Å². The predicted molar refractivity (Wildman–Crippen MR) is 128 cm³/mol. The highest BCUT2D eigenvalue weighted by atomic mass is 35.5. The van der Waals surface area contributed by atoms with Crippen LogP contribution in [0.1, 0.15) is 38.7 Å². The molecule has 1 aliphatic heterocycles. The van der Waals surface area contributed by atoms with Crippen LogP contribution < -0.4 is 5.32 Å². The number of carbonyl (C=O) groups is 1. The first-order valence-electron chi connectivity index (χ1n) is 10.8. The van der Waals surface area contributed by atoms with Gasteiger partial charge in [0.25, 0.3) is 0 Å². The molecule has 0 bridgehead atoms. The van der Waals surface area contributed by atoms with Crippen LogP contribution in [0.15, 0.2) is 46.1 Å². The standard InChI is InChI=1S/C23H33ClN2O6S/c1-6-11-31-13-14-32-23(27)20-16(2)25-17(3)22(33(28,29)26(4)10-12-30-5)21(20)18-8-7-9-19(24)15-18/h7-9,15,21,25H,6,10-14H2,1-5H3. The Morgan fingerprint density at radius 3 is 2.52 bits per heavy atom. The number of nitrogens with one attached hydrogen (secondary N) is 1. The Hall–Kier alpha value is -1.91. The summed E-state index contributed by atoms with van der Waals surface area (Å²) < 4.78 is 44.4. The average molecular weight is 501 g/mol. The number of likely N-dealkylation sites (N-methyl/N-ethyl adjacent to an activating group) is 1. The largest absolute Gasteiger partial charge is 0.460 e. The molecule has 1 aromatic carbocycles. The van der Waals surface area contributed by atoms with E-state index in [1.165, 1.54) is 18.5 Å². The summed E-state index contributed by atoms with van der Waals surface area (Å²) in [6.45, 7) is 6.70. The zero-order valence-electron chi connectivity index (χ0n) is 19.8. The second-order valence-corrected chi connectivity index (χ2v) is 10.2. The maximum Gasteiger partial charge on any atom is 0.336 e. The fourth-order valence-electron chi connectivity index (χ4n) is 3.62. The number of ether oxygens (including phenoxy) is 3. The van der Waals surface area contributed by atoms with Gasteiger partial charge in [-0.05, 0) is 38.0 Å². The van der Waals surface area contributed by atoms with Gasteiger partial charge in [0, 0.05) is 43.7 Å². The van der Waals surface area contributed by atoms with Gasteiger partial charge in [-0.25, -0.2) is 13.2 Å². The Kier molecular flexibility index (Phi) is 10.4. The SMILES string of the molecule is CCCOCCOC(=O)C1=C(C)NC(C)=C(S(=O)(=O)N(C)CCOC)C1c1cccc(Cl)c1. The Labute approximate surface area is 201 Å². The van der Waals surface area contributed by atoms with Crippen LogP contribution in [0.3, 0.4) is 0 Å². The molecule has 0 radical (unpaired) electrons. The molecule has 1 aliphatic rings. The van der Waals surface area contributed by atoms with Gasteiger partial charge in [0.2, 0.25) is 10.0 Å². The van der Waals surface area contributed by atoms with Crippen molar-refractivity contribution in [2.45, 2.75) is 33.1 Å². The number of esters is 1. The molecule has 0 saturated carbocycles. The molecule has 8 nitrogen and oxygen atoms in total. The number of dihydropyridines is 1. The molecule has 1 aromatic rings. The van der Waals surface area contributed by atoms with E-state index in [-0.39, 0.29) is 36.8 Å². The van der Waals surface area contributed by atoms with Gasteiger partial charge < -0.3 is 19.5 Å². The van der Waals surface area contributed by atoms with E-state index in [0.717, 1.165) is 6.42 Å². The van der Waals surface area contributed by atoms with Crippen LogP contribution in [-0.4, -0.2) is 65.8 Å². The number of carbonyl (C=O) groups excluding carboxylic acids is 1. The maximum absolute atomic E-state index is 13.6. The third kappa shape index (κ3) is 6.80. The van der Waals surface area contributed by atoms with E-state index in [1.54, 1.807) is 38.1 Å². The lowest BCUT2D eigenvalue weighted by Gasteiger charge is -2.33. The minimum atomic E-state index is -3.96. The number of allylic oxidation sites excluding steroid dienone is 3. The van der Waals surface area contributed by atoms with E-state index in [9.17, 15) is 13.2 Å². The first-order valence-corrected chi connectivity index (χ1v) is 12.6. The van der Waals surface area contributed by atoms with Crippen LogP contribution in [-0.2, 0) is 29.0 Å². The molecule has 0 aliphatic carbocycles. The van der Waals surface area contributed by atoms with Gasteiger partial charge >= 0.3 is 5.97 Å². The van der Waals surface area contributed by atoms with Crippen molar-refractivity contribution >= 4 is 27.6 Å². The average Bonchev–Trinajstić information content (AvgIpc) is 2.76. The summed E-state index contributed by atoms with van der Waals surface area (Å²) in [4.78, 5) is 13.2. The normalized spacial score (nSPS) is 16.9. The number of halogens is 1. The number of nitrogens with zero attached hydrogens (tertiary/aromatic N) is 1. The summed E-state index contributed by atoms with van der Waals surface area (Å²) in [7, 11) is -0.965. The van der Waals surface area contributed by atoms with Crippen molar-refractivity contribution in [2.24, 2.45) is 0 Å². The minimum Gasteiger partial charge on any atom is -0.460 e. The van der Waals surface area contributed by atoms with Crippen LogP contribution in [0.5, 0.6) is 0 Å². The molecule has 184 valence electrons. The van der Waals surface area contributed by atoms with Crippen LogP contribution in [0.25, 0.3) is 0 Å². The molecule has 1 unspecified atom stereocenters. The molecular formula is C23H33ClN2O6S. The highest BCUT2D eigenvalue weighted by Crippen LogP contribution is 2.42. The highest BCUT2D eigenvalue weighted by Gasteiger charge is 2.41. The zero-order chi connectivity index (χ0) is 24.6. The van der Waals surface area contributed by atoms with E-state index in [1.807, 2.05) is 6.92 Å². The van der Waals surface area contributed by atoms with Crippen molar-refractivity contribution in [2.75, 3.05) is 47.1 Å². The lowest BCUT2D eigenvalue weighted by atomic mass is 9.86. The second-order valence-electron chi connectivity index (χ2n) is 7.71. The lowest BCUT2D eigenvalue weighted by molar-refractivity contribution is -0.140. The molecule has 10 heteroatoms. The van der Waals surface area contributed by atoms with Crippen molar-refractivity contribution in [1.29, 1.82) is 0 Å². The summed E-state index contributed by atoms with van der Waals surface area (Å²) in [5.41, 5.74) is 1.76. The number of rotatable bonds is 12. The van der Waals surface area contributed by atoms with Gasteiger partial charge in [0.1, 0.15) is 6.61 Å². The van der Waals surface area contributed by atoms with Crippen molar-refractivity contribution < 1.29 is 27.4 Å². The Morgan fingerprint density at radius 1 is 1.15 bits per heavy atom. The first-order chi connectivity index (χ1) is 15.6. The number of benzene rings is 1. The number of methoxy groups -OCH3 is 1. The van der Waals surface area contributed by atoms with Crippen molar-refractivity contribution in [1.82, 2.24) is 9.62 Å². The van der Waals surface area contributed by atoms with Gasteiger partial charge in [0.05, 0.1) is 29.6 Å². The fraction of sp³-hybridized carbons (Fsp3) is 0.522. The minimum absolute atomic E-state index is 0.0659. The molecule has 0 aromatic heterocycles. The molecule has 0 amide bonds. The Balaban J connectivity index is 2.51. The van der Waals surface area contributed by atoms with E-state index in [4.69, 9.17) is 25.8 Å². The number of hydrogen-bond acceptors (Lipinski definition) is 7. The van der Waals surface area contributed by atoms with E-state index in [2.05, 4.69) is 5.32 Å². The van der Waals surface area contributed by atoms with Crippen molar-refractivity contribution in [3.8, 4) is 0 Å². The summed E-state index contributed by atoms with van der Waals surface area (Å²) >= 11 is 6.23. The van der Waals surface area contributed by atoms with Crippen molar-refractivity contribution in [3.63, 3.8) is 0 Å². The fourth-order valence-corrected chi connectivity index (χ4v) is 5.46. The van der Waals surface area contributed by atoms with Gasteiger partial charge in [0.15, 0.2) is 0 Å². The predicted octanol–water partition coefficient (Wildman–Crippen LogP) is 3.41. The van der Waals surface area contributed by atoms with Crippen LogP contribution in [0.4, 0.5) is 0 Å². The first kappa shape index (κ1) is 27.3. The smallest absolute Gasteiger partial charge is 0.336 e. The Morgan fingerprint density at radius 2 is 1.88 bits per heavy atom. The summed E-state index contributed by atoms with van der Waals surface area (Å²) in [5, 5.41) is 3.50. The third-order valence-electron chi connectivity index (χ3n) is 5.21. The summed E-state index contributed by atoms with van der Waals surface area (Å²) in [6.07, 6.45) is 0.862. The zero-order valence-corrected chi connectivity index (χ0v) is 21.4. The van der Waals surface area contributed by atoms with Gasteiger partial charge in [-0.3, -0.25) is 0 Å². The molecule has 33 heavy (non-hydrogen) atoms. The monoisotopic (exact) mass is 500 g/mol.